The van der Waals surface area contributed by atoms with Crippen LogP contribution in [-0.2, 0) is 0 Å². The predicted octanol–water partition coefficient (Wildman–Crippen LogP) is 0.769. The molecule has 2 N–H and O–H groups in total. The van der Waals surface area contributed by atoms with Crippen LogP contribution in [0.1, 0.15) is 20.7 Å². The molecule has 3 rings (SSSR count). The standard InChI is InChI=1S/C16H12N4O3/c21-14(11-6-2-1-3-7-11)18-19-15(22)12-10-17-13-8-4-5-9-20(13)16(12)23/h1-10H,(H,18,21)(H,19,22). The van der Waals surface area contributed by atoms with Crippen LogP contribution in [-0.4, -0.2) is 21.2 Å². The van der Waals surface area contributed by atoms with E-state index in [1.54, 1.807) is 48.5 Å². The number of hydrogen-bond donors (Lipinski definition) is 2. The molecule has 23 heavy (non-hydrogen) atoms. The van der Waals surface area contributed by atoms with Gasteiger partial charge in [-0.25, -0.2) is 4.98 Å². The molecule has 0 fully saturated rings. The fourth-order valence-corrected chi connectivity index (χ4v) is 2.03. The molecule has 0 aliphatic rings. The zero-order valence-electron chi connectivity index (χ0n) is 11.9. The first-order chi connectivity index (χ1) is 11.2. The molecule has 0 aliphatic heterocycles. The van der Waals surface area contributed by atoms with Crippen LogP contribution in [0.25, 0.3) is 5.65 Å². The largest absolute Gasteiger partial charge is 0.276 e. The summed E-state index contributed by atoms with van der Waals surface area (Å²) in [6.07, 6.45) is 2.70. The van der Waals surface area contributed by atoms with E-state index in [1.807, 2.05) is 0 Å². The van der Waals surface area contributed by atoms with Gasteiger partial charge in [-0.1, -0.05) is 24.3 Å². The van der Waals surface area contributed by atoms with Crippen LogP contribution in [0.4, 0.5) is 0 Å². The van der Waals surface area contributed by atoms with Crippen LogP contribution in [0.2, 0.25) is 0 Å². The summed E-state index contributed by atoms with van der Waals surface area (Å²) in [6, 6.07) is 13.4. The van der Waals surface area contributed by atoms with Gasteiger partial charge >= 0.3 is 0 Å². The first kappa shape index (κ1) is 14.5. The Kier molecular flexibility index (Phi) is 3.84. The summed E-state index contributed by atoms with van der Waals surface area (Å²) in [5.41, 5.74) is 4.61. The Morgan fingerprint density at radius 3 is 2.39 bits per heavy atom. The van der Waals surface area contributed by atoms with E-state index < -0.39 is 17.4 Å². The number of hydrogen-bond acceptors (Lipinski definition) is 4. The van der Waals surface area contributed by atoms with Crippen molar-refractivity contribution in [1.29, 1.82) is 0 Å². The highest BCUT2D eigenvalue weighted by Gasteiger charge is 2.14. The molecule has 0 spiro atoms. The van der Waals surface area contributed by atoms with Crippen molar-refractivity contribution in [2.24, 2.45) is 0 Å². The van der Waals surface area contributed by atoms with Crippen LogP contribution in [0.5, 0.6) is 0 Å². The molecule has 2 heterocycles. The Labute approximate surface area is 130 Å². The van der Waals surface area contributed by atoms with Gasteiger partial charge in [0.15, 0.2) is 0 Å². The van der Waals surface area contributed by atoms with Crippen molar-refractivity contribution >= 4 is 17.5 Å². The second-order valence-electron chi connectivity index (χ2n) is 4.68. The molecule has 0 unspecified atom stereocenters. The minimum absolute atomic E-state index is 0.165. The summed E-state index contributed by atoms with van der Waals surface area (Å²) in [4.78, 5) is 40.2. The van der Waals surface area contributed by atoms with Gasteiger partial charge in [0, 0.05) is 18.0 Å². The van der Waals surface area contributed by atoms with Crippen molar-refractivity contribution in [3.05, 3.63) is 82.4 Å². The highest BCUT2D eigenvalue weighted by atomic mass is 16.2. The first-order valence-electron chi connectivity index (χ1n) is 6.79. The Balaban J connectivity index is 1.78. The number of nitrogens with one attached hydrogen (secondary N) is 2. The maximum atomic E-state index is 12.2. The Bertz CT molecular complexity index is 935. The third kappa shape index (κ3) is 2.93. The lowest BCUT2D eigenvalue weighted by atomic mass is 10.2. The molecular weight excluding hydrogens is 296 g/mol. The molecule has 114 valence electrons. The maximum absolute atomic E-state index is 12.2. The smallest absolute Gasteiger partial charge is 0.268 e. The molecule has 3 aromatic rings. The molecule has 0 saturated heterocycles. The summed E-state index contributed by atoms with van der Waals surface area (Å²) in [6.45, 7) is 0. The quantitative estimate of drug-likeness (QED) is 0.684. The van der Waals surface area contributed by atoms with Gasteiger partial charge in [-0.2, -0.15) is 0 Å². The van der Waals surface area contributed by atoms with E-state index in [4.69, 9.17) is 0 Å². The number of aromatic nitrogens is 2. The number of carbonyl (C=O) groups is 2. The number of amides is 2. The number of carbonyl (C=O) groups excluding carboxylic acids is 2. The molecule has 0 radical (unpaired) electrons. The summed E-state index contributed by atoms with van der Waals surface area (Å²) >= 11 is 0. The zero-order valence-corrected chi connectivity index (χ0v) is 11.9. The lowest BCUT2D eigenvalue weighted by Crippen LogP contribution is -2.43. The van der Waals surface area contributed by atoms with Gasteiger partial charge in [-0.15, -0.1) is 0 Å². The molecule has 0 aliphatic carbocycles. The molecule has 2 amide bonds. The van der Waals surface area contributed by atoms with Gasteiger partial charge < -0.3 is 0 Å². The number of benzene rings is 1. The number of nitrogens with zero attached hydrogens (tertiary/aromatic N) is 2. The van der Waals surface area contributed by atoms with Crippen LogP contribution < -0.4 is 16.4 Å². The molecule has 0 atom stereocenters. The van der Waals surface area contributed by atoms with Crippen LogP contribution in [0.15, 0.2) is 65.7 Å². The molecular formula is C16H12N4O3. The molecule has 1 aromatic carbocycles. The highest BCUT2D eigenvalue weighted by Crippen LogP contribution is 1.98. The van der Waals surface area contributed by atoms with Crippen LogP contribution in [0.3, 0.4) is 0 Å². The van der Waals surface area contributed by atoms with Crippen molar-refractivity contribution in [1.82, 2.24) is 20.2 Å². The summed E-state index contributed by atoms with van der Waals surface area (Å²) in [7, 11) is 0. The van der Waals surface area contributed by atoms with Crippen molar-refractivity contribution in [2.75, 3.05) is 0 Å². The normalized spacial score (nSPS) is 10.3. The zero-order chi connectivity index (χ0) is 16.2. The highest BCUT2D eigenvalue weighted by molar-refractivity contribution is 5.98. The van der Waals surface area contributed by atoms with E-state index in [2.05, 4.69) is 15.8 Å². The van der Waals surface area contributed by atoms with Crippen LogP contribution >= 0.6 is 0 Å². The number of pyridine rings is 1. The molecule has 7 nitrogen and oxygen atoms in total. The molecule has 0 saturated carbocycles. The average molecular weight is 308 g/mol. The Morgan fingerprint density at radius 1 is 0.913 bits per heavy atom. The molecule has 0 bridgehead atoms. The number of rotatable bonds is 2. The summed E-state index contributed by atoms with van der Waals surface area (Å²) in [5.74, 6) is -1.21. The summed E-state index contributed by atoms with van der Waals surface area (Å²) < 4.78 is 1.26. The minimum Gasteiger partial charge on any atom is -0.268 e. The summed E-state index contributed by atoms with van der Waals surface area (Å²) in [5, 5.41) is 0. The lowest BCUT2D eigenvalue weighted by Gasteiger charge is -2.07. The molecule has 7 heteroatoms. The second kappa shape index (κ2) is 6.10. The van der Waals surface area contributed by atoms with Gasteiger partial charge in [0.2, 0.25) is 0 Å². The van der Waals surface area contributed by atoms with E-state index in [0.29, 0.717) is 11.2 Å². The van der Waals surface area contributed by atoms with Crippen molar-refractivity contribution < 1.29 is 9.59 Å². The van der Waals surface area contributed by atoms with E-state index in [9.17, 15) is 14.4 Å². The topological polar surface area (TPSA) is 92.6 Å². The molecule has 2 aromatic heterocycles. The third-order valence-electron chi connectivity index (χ3n) is 3.18. The van der Waals surface area contributed by atoms with E-state index in [0.717, 1.165) is 0 Å². The number of hydrazine groups is 1. The number of fused-ring (bicyclic) bond motifs is 1. The van der Waals surface area contributed by atoms with Gasteiger partial charge in [-0.05, 0) is 24.3 Å². The second-order valence-corrected chi connectivity index (χ2v) is 4.68. The van der Waals surface area contributed by atoms with Crippen molar-refractivity contribution in [2.45, 2.75) is 0 Å². The predicted molar refractivity (Wildman–Crippen MR) is 82.8 cm³/mol. The Morgan fingerprint density at radius 2 is 1.61 bits per heavy atom. The van der Waals surface area contributed by atoms with E-state index >= 15 is 0 Å². The van der Waals surface area contributed by atoms with Gasteiger partial charge in [-0.3, -0.25) is 29.6 Å². The SMILES string of the molecule is O=C(NNC(=O)c1cnc2ccccn2c1=O)c1ccccc1. The maximum Gasteiger partial charge on any atom is 0.276 e. The minimum atomic E-state index is -0.731. The van der Waals surface area contributed by atoms with Gasteiger partial charge in [0.25, 0.3) is 17.4 Å². The van der Waals surface area contributed by atoms with Crippen molar-refractivity contribution in [3.63, 3.8) is 0 Å². The van der Waals surface area contributed by atoms with E-state index in [-0.39, 0.29) is 5.56 Å². The Hall–Kier alpha value is -3.48. The van der Waals surface area contributed by atoms with E-state index in [1.165, 1.54) is 16.8 Å². The first-order valence-corrected chi connectivity index (χ1v) is 6.79. The van der Waals surface area contributed by atoms with Crippen molar-refractivity contribution in [3.8, 4) is 0 Å². The lowest BCUT2D eigenvalue weighted by molar-refractivity contribution is 0.0845. The van der Waals surface area contributed by atoms with Crippen LogP contribution in [0, 0.1) is 0 Å². The monoisotopic (exact) mass is 308 g/mol. The van der Waals surface area contributed by atoms with Gasteiger partial charge in [0.1, 0.15) is 11.2 Å². The fourth-order valence-electron chi connectivity index (χ4n) is 2.03. The average Bonchev–Trinajstić information content (AvgIpc) is 2.60. The fraction of sp³-hybridized carbons (Fsp3) is 0. The third-order valence-corrected chi connectivity index (χ3v) is 3.18. The van der Waals surface area contributed by atoms with Gasteiger partial charge in [0.05, 0.1) is 0 Å².